The first kappa shape index (κ1) is 12.4. The summed E-state index contributed by atoms with van der Waals surface area (Å²) >= 11 is 1.87. The first-order chi connectivity index (χ1) is 8.29. The van der Waals surface area contributed by atoms with Crippen molar-refractivity contribution in [3.63, 3.8) is 0 Å². The topological polar surface area (TPSA) is 39.9 Å². The van der Waals surface area contributed by atoms with Crippen LogP contribution >= 0.6 is 11.8 Å². The summed E-state index contributed by atoms with van der Waals surface area (Å²) < 4.78 is 0. The molecule has 0 N–H and O–H groups in total. The van der Waals surface area contributed by atoms with E-state index in [9.17, 15) is 0 Å². The van der Waals surface area contributed by atoms with Gasteiger partial charge in [-0.25, -0.2) is 4.98 Å². The van der Waals surface area contributed by atoms with Crippen LogP contribution in [0.2, 0.25) is 0 Å². The number of nitrogens with zero attached hydrogens (tertiary/aromatic N) is 3. The van der Waals surface area contributed by atoms with Crippen LogP contribution in [0.15, 0.2) is 29.4 Å². The van der Waals surface area contributed by atoms with Gasteiger partial charge in [0.2, 0.25) is 0 Å². The fourth-order valence-electron chi connectivity index (χ4n) is 2.05. The van der Waals surface area contributed by atoms with Gasteiger partial charge in [-0.2, -0.15) is 5.26 Å². The molecule has 0 bridgehead atoms. The van der Waals surface area contributed by atoms with Gasteiger partial charge in [0.1, 0.15) is 0 Å². The second kappa shape index (κ2) is 6.04. The Hall–Kier alpha value is -1.05. The average molecular weight is 247 g/mol. The van der Waals surface area contributed by atoms with Gasteiger partial charge in [0.25, 0.3) is 0 Å². The predicted molar refractivity (Wildman–Crippen MR) is 69.8 cm³/mol. The fourth-order valence-corrected chi connectivity index (χ4v) is 3.12. The second-order valence-electron chi connectivity index (χ2n) is 4.33. The van der Waals surface area contributed by atoms with Crippen LogP contribution in [-0.2, 0) is 0 Å². The molecule has 1 atom stereocenters. The molecule has 0 aromatic carbocycles. The summed E-state index contributed by atoms with van der Waals surface area (Å²) in [4.78, 5) is 6.60. The van der Waals surface area contributed by atoms with Gasteiger partial charge in [-0.3, -0.25) is 4.90 Å². The van der Waals surface area contributed by atoms with Crippen LogP contribution in [0, 0.1) is 11.3 Å². The number of likely N-dealkylation sites (tertiary alicyclic amines) is 1. The Kier molecular flexibility index (Phi) is 4.41. The van der Waals surface area contributed by atoms with E-state index in [-0.39, 0.29) is 6.04 Å². The highest BCUT2D eigenvalue weighted by Gasteiger charge is 2.23. The first-order valence-electron chi connectivity index (χ1n) is 6.01. The van der Waals surface area contributed by atoms with Crippen molar-refractivity contribution in [1.82, 2.24) is 9.88 Å². The van der Waals surface area contributed by atoms with Crippen LogP contribution in [0.3, 0.4) is 0 Å². The Balaban J connectivity index is 1.82. The summed E-state index contributed by atoms with van der Waals surface area (Å²) in [6, 6.07) is 8.40. The van der Waals surface area contributed by atoms with Crippen molar-refractivity contribution in [2.24, 2.45) is 0 Å². The Morgan fingerprint density at radius 3 is 2.82 bits per heavy atom. The molecule has 1 fully saturated rings. The minimum atomic E-state index is 0.0517. The molecule has 1 aromatic rings. The van der Waals surface area contributed by atoms with Crippen molar-refractivity contribution in [2.75, 3.05) is 13.1 Å². The molecule has 0 radical (unpaired) electrons. The molecular formula is C13H17N3S. The molecule has 17 heavy (non-hydrogen) atoms. The third kappa shape index (κ3) is 3.45. The molecular weight excluding hydrogens is 230 g/mol. The van der Waals surface area contributed by atoms with Crippen molar-refractivity contribution in [3.05, 3.63) is 24.4 Å². The van der Waals surface area contributed by atoms with Crippen molar-refractivity contribution >= 4 is 11.8 Å². The van der Waals surface area contributed by atoms with Gasteiger partial charge in [0.05, 0.1) is 17.1 Å². The largest absolute Gasteiger partial charge is 0.288 e. The van der Waals surface area contributed by atoms with Crippen LogP contribution in [0.1, 0.15) is 19.8 Å². The number of nitriles is 1. The van der Waals surface area contributed by atoms with Crippen molar-refractivity contribution < 1.29 is 0 Å². The Bertz CT molecular complexity index is 379. The number of hydrogen-bond acceptors (Lipinski definition) is 4. The average Bonchev–Trinajstić information content (AvgIpc) is 2.40. The molecule has 2 rings (SSSR count). The number of rotatable bonds is 3. The molecule has 4 heteroatoms. The molecule has 3 nitrogen and oxygen atoms in total. The third-order valence-corrected chi connectivity index (χ3v) is 4.42. The molecule has 1 aliphatic heterocycles. The smallest absolute Gasteiger partial charge is 0.0962 e. The van der Waals surface area contributed by atoms with Gasteiger partial charge in [-0.15, -0.1) is 11.8 Å². The second-order valence-corrected chi connectivity index (χ2v) is 5.65. The van der Waals surface area contributed by atoms with E-state index in [0.717, 1.165) is 31.0 Å². The minimum absolute atomic E-state index is 0.0517. The van der Waals surface area contributed by atoms with E-state index < -0.39 is 0 Å². The number of piperidine rings is 1. The van der Waals surface area contributed by atoms with Crippen LogP contribution in [0.25, 0.3) is 0 Å². The van der Waals surface area contributed by atoms with E-state index in [2.05, 4.69) is 22.0 Å². The molecule has 1 aromatic heterocycles. The summed E-state index contributed by atoms with van der Waals surface area (Å²) in [5.74, 6) is 0. The van der Waals surface area contributed by atoms with Gasteiger partial charge < -0.3 is 0 Å². The maximum atomic E-state index is 8.88. The molecule has 0 aliphatic carbocycles. The summed E-state index contributed by atoms with van der Waals surface area (Å²) in [6.07, 6.45) is 4.13. The standard InChI is InChI=1S/C13H17N3S/c1-11(10-14)16-8-5-12(6-9-16)17-13-4-2-3-7-15-13/h2-4,7,11-12H,5-6,8-9H2,1H3/t11-/m1/s1. The SMILES string of the molecule is C[C@H](C#N)N1CCC(Sc2ccccn2)CC1. The van der Waals surface area contributed by atoms with Gasteiger partial charge in [-0.1, -0.05) is 6.07 Å². The quantitative estimate of drug-likeness (QED) is 0.823. The summed E-state index contributed by atoms with van der Waals surface area (Å²) in [5, 5.41) is 10.6. The minimum Gasteiger partial charge on any atom is -0.288 e. The van der Waals surface area contributed by atoms with Crippen LogP contribution < -0.4 is 0 Å². The Labute approximate surface area is 107 Å². The summed E-state index contributed by atoms with van der Waals surface area (Å²) in [7, 11) is 0. The molecule has 1 aliphatic rings. The number of pyridine rings is 1. The van der Waals surface area contributed by atoms with E-state index >= 15 is 0 Å². The highest BCUT2D eigenvalue weighted by atomic mass is 32.2. The lowest BCUT2D eigenvalue weighted by atomic mass is 10.1. The molecule has 1 saturated heterocycles. The predicted octanol–water partition coefficient (Wildman–Crippen LogP) is 2.55. The number of hydrogen-bond donors (Lipinski definition) is 0. The van der Waals surface area contributed by atoms with Crippen molar-refractivity contribution in [3.8, 4) is 6.07 Å². The van der Waals surface area contributed by atoms with Gasteiger partial charge in [0, 0.05) is 24.5 Å². The van der Waals surface area contributed by atoms with Gasteiger partial charge >= 0.3 is 0 Å². The summed E-state index contributed by atoms with van der Waals surface area (Å²) in [5.41, 5.74) is 0. The lowest BCUT2D eigenvalue weighted by Crippen LogP contribution is -2.40. The number of thioether (sulfide) groups is 1. The zero-order valence-electron chi connectivity index (χ0n) is 10.0. The highest BCUT2D eigenvalue weighted by Crippen LogP contribution is 2.29. The first-order valence-corrected chi connectivity index (χ1v) is 6.89. The molecule has 0 unspecified atom stereocenters. The maximum absolute atomic E-state index is 8.88. The van der Waals surface area contributed by atoms with E-state index in [1.165, 1.54) is 0 Å². The maximum Gasteiger partial charge on any atom is 0.0962 e. The van der Waals surface area contributed by atoms with Gasteiger partial charge in [-0.05, 0) is 31.9 Å². The fraction of sp³-hybridized carbons (Fsp3) is 0.538. The zero-order valence-corrected chi connectivity index (χ0v) is 10.9. The Morgan fingerprint density at radius 2 is 2.24 bits per heavy atom. The van der Waals surface area contributed by atoms with Crippen molar-refractivity contribution in [2.45, 2.75) is 36.1 Å². The van der Waals surface area contributed by atoms with Gasteiger partial charge in [0.15, 0.2) is 0 Å². The summed E-state index contributed by atoms with van der Waals surface area (Å²) in [6.45, 7) is 4.03. The van der Waals surface area contributed by atoms with Crippen LogP contribution in [-0.4, -0.2) is 34.3 Å². The van der Waals surface area contributed by atoms with E-state index in [0.29, 0.717) is 5.25 Å². The molecule has 0 saturated carbocycles. The zero-order chi connectivity index (χ0) is 12.1. The Morgan fingerprint density at radius 1 is 1.47 bits per heavy atom. The van der Waals surface area contributed by atoms with E-state index in [1.54, 1.807) is 0 Å². The number of aromatic nitrogens is 1. The molecule has 2 heterocycles. The van der Waals surface area contributed by atoms with Crippen LogP contribution in [0.5, 0.6) is 0 Å². The van der Waals surface area contributed by atoms with E-state index in [4.69, 9.17) is 5.26 Å². The lowest BCUT2D eigenvalue weighted by Gasteiger charge is -2.32. The monoisotopic (exact) mass is 247 g/mol. The molecule has 90 valence electrons. The third-order valence-electron chi connectivity index (χ3n) is 3.14. The normalized spacial score (nSPS) is 19.8. The molecule has 0 amide bonds. The van der Waals surface area contributed by atoms with E-state index in [1.807, 2.05) is 37.0 Å². The van der Waals surface area contributed by atoms with Crippen LogP contribution in [0.4, 0.5) is 0 Å². The lowest BCUT2D eigenvalue weighted by molar-refractivity contribution is 0.208. The van der Waals surface area contributed by atoms with Crippen molar-refractivity contribution in [1.29, 1.82) is 5.26 Å². The molecule has 0 spiro atoms. The highest BCUT2D eigenvalue weighted by molar-refractivity contribution is 7.99.